The topological polar surface area (TPSA) is 51.6 Å². The summed E-state index contributed by atoms with van der Waals surface area (Å²) < 4.78 is 10.5. The molecule has 4 nitrogen and oxygen atoms in total. The number of aliphatic hydroxyl groups is 1. The number of benzene rings is 1. The monoisotopic (exact) mass is 327 g/mol. The summed E-state index contributed by atoms with van der Waals surface area (Å²) in [5.74, 6) is 0.826. The van der Waals surface area contributed by atoms with Gasteiger partial charge in [0.1, 0.15) is 0 Å². The van der Waals surface area contributed by atoms with Gasteiger partial charge in [-0.2, -0.15) is 0 Å². The standard InChI is InChI=1S/C15H15Cl2NO3/c1-20-13-4-3-9(5-14(13)21-2)10(8-19)15-11(16)6-18-7-12(15)17/h3-7,10,19H,8H2,1-2H3/t10-/m0/s1. The second-order valence-electron chi connectivity index (χ2n) is 4.37. The summed E-state index contributed by atoms with van der Waals surface area (Å²) in [7, 11) is 3.12. The van der Waals surface area contributed by atoms with Gasteiger partial charge in [0, 0.05) is 23.9 Å². The molecule has 6 heteroatoms. The van der Waals surface area contributed by atoms with Crippen LogP contribution in [-0.4, -0.2) is 30.9 Å². The summed E-state index contributed by atoms with van der Waals surface area (Å²) >= 11 is 12.3. The predicted molar refractivity (Wildman–Crippen MR) is 82.7 cm³/mol. The molecule has 0 aliphatic carbocycles. The van der Waals surface area contributed by atoms with Crippen LogP contribution in [0, 0.1) is 0 Å². The van der Waals surface area contributed by atoms with Gasteiger partial charge in [0.05, 0.1) is 30.9 Å². The summed E-state index contributed by atoms with van der Waals surface area (Å²) in [6.07, 6.45) is 3.01. The van der Waals surface area contributed by atoms with E-state index in [-0.39, 0.29) is 12.5 Å². The molecule has 1 aromatic heterocycles. The molecule has 2 rings (SSSR count). The van der Waals surface area contributed by atoms with Crippen molar-refractivity contribution >= 4 is 23.2 Å². The van der Waals surface area contributed by atoms with E-state index in [4.69, 9.17) is 32.7 Å². The van der Waals surface area contributed by atoms with E-state index in [9.17, 15) is 5.11 Å². The number of nitrogens with zero attached hydrogens (tertiary/aromatic N) is 1. The largest absolute Gasteiger partial charge is 0.493 e. The van der Waals surface area contributed by atoms with Crippen LogP contribution in [0.4, 0.5) is 0 Å². The average Bonchev–Trinajstić information content (AvgIpc) is 2.50. The number of hydrogen-bond acceptors (Lipinski definition) is 4. The zero-order valence-electron chi connectivity index (χ0n) is 11.6. The van der Waals surface area contributed by atoms with Crippen LogP contribution in [-0.2, 0) is 0 Å². The number of hydrogen-bond donors (Lipinski definition) is 1. The Balaban J connectivity index is 2.51. The van der Waals surface area contributed by atoms with Crippen LogP contribution in [0.25, 0.3) is 0 Å². The van der Waals surface area contributed by atoms with Crippen LogP contribution in [0.3, 0.4) is 0 Å². The second kappa shape index (κ2) is 6.98. The van der Waals surface area contributed by atoms with Crippen molar-refractivity contribution in [2.45, 2.75) is 5.92 Å². The molecule has 0 aliphatic rings. The van der Waals surface area contributed by atoms with Gasteiger partial charge in [-0.05, 0) is 17.7 Å². The Morgan fingerprint density at radius 3 is 2.24 bits per heavy atom. The average molecular weight is 328 g/mol. The predicted octanol–water partition coefficient (Wildman–Crippen LogP) is 3.53. The molecule has 0 fully saturated rings. The lowest BCUT2D eigenvalue weighted by molar-refractivity contribution is 0.280. The minimum absolute atomic E-state index is 0.140. The first-order valence-electron chi connectivity index (χ1n) is 6.24. The third-order valence-corrected chi connectivity index (χ3v) is 3.83. The van der Waals surface area contributed by atoms with Crippen molar-refractivity contribution in [2.24, 2.45) is 0 Å². The highest BCUT2D eigenvalue weighted by molar-refractivity contribution is 6.35. The fourth-order valence-corrected chi connectivity index (χ4v) is 2.82. The van der Waals surface area contributed by atoms with Gasteiger partial charge in [0.2, 0.25) is 0 Å². The Labute approximate surface area is 133 Å². The molecule has 0 amide bonds. The summed E-state index contributed by atoms with van der Waals surface area (Å²) in [5.41, 5.74) is 1.47. The second-order valence-corrected chi connectivity index (χ2v) is 5.18. The van der Waals surface area contributed by atoms with Crippen LogP contribution in [0.5, 0.6) is 11.5 Å². The first kappa shape index (κ1) is 15.9. The molecule has 1 N–H and O–H groups in total. The van der Waals surface area contributed by atoms with E-state index in [1.807, 2.05) is 6.07 Å². The molecule has 2 aromatic rings. The van der Waals surface area contributed by atoms with E-state index in [2.05, 4.69) is 4.98 Å². The molecule has 0 aliphatic heterocycles. The first-order chi connectivity index (χ1) is 10.1. The molecule has 1 aromatic carbocycles. The van der Waals surface area contributed by atoms with E-state index in [1.165, 1.54) is 12.4 Å². The number of halogens is 2. The van der Waals surface area contributed by atoms with Crippen LogP contribution in [0.1, 0.15) is 17.0 Å². The SMILES string of the molecule is COc1ccc([C@H](CO)c2c(Cl)cncc2Cl)cc1OC. The number of ether oxygens (including phenoxy) is 2. The van der Waals surface area contributed by atoms with Crippen molar-refractivity contribution in [2.75, 3.05) is 20.8 Å². The third kappa shape index (κ3) is 3.23. The van der Waals surface area contributed by atoms with E-state index < -0.39 is 0 Å². The highest BCUT2D eigenvalue weighted by Gasteiger charge is 2.21. The Kier molecular flexibility index (Phi) is 5.28. The van der Waals surface area contributed by atoms with Crippen LogP contribution >= 0.6 is 23.2 Å². The number of pyridine rings is 1. The molecule has 0 unspecified atom stereocenters. The van der Waals surface area contributed by atoms with Gasteiger partial charge in [-0.1, -0.05) is 29.3 Å². The summed E-state index contributed by atoms with van der Waals surface area (Å²) in [6, 6.07) is 5.42. The zero-order valence-corrected chi connectivity index (χ0v) is 13.1. The lowest BCUT2D eigenvalue weighted by atomic mass is 9.92. The Morgan fingerprint density at radius 2 is 1.71 bits per heavy atom. The summed E-state index contributed by atoms with van der Waals surface area (Å²) in [4.78, 5) is 3.93. The van der Waals surface area contributed by atoms with Crippen LogP contribution in [0.2, 0.25) is 10.0 Å². The van der Waals surface area contributed by atoms with E-state index >= 15 is 0 Å². The maximum atomic E-state index is 9.76. The molecule has 1 atom stereocenters. The normalized spacial score (nSPS) is 12.0. The lowest BCUT2D eigenvalue weighted by Gasteiger charge is -2.19. The maximum Gasteiger partial charge on any atom is 0.161 e. The highest BCUT2D eigenvalue weighted by atomic mass is 35.5. The molecule has 0 radical (unpaired) electrons. The van der Waals surface area contributed by atoms with Crippen molar-refractivity contribution < 1.29 is 14.6 Å². The molecule has 0 saturated heterocycles. The fourth-order valence-electron chi connectivity index (χ4n) is 2.19. The van der Waals surface area contributed by atoms with Gasteiger partial charge in [0.15, 0.2) is 11.5 Å². The quantitative estimate of drug-likeness (QED) is 0.912. The van der Waals surface area contributed by atoms with Crippen molar-refractivity contribution in [1.29, 1.82) is 0 Å². The van der Waals surface area contributed by atoms with E-state index in [1.54, 1.807) is 26.4 Å². The highest BCUT2D eigenvalue weighted by Crippen LogP contribution is 2.38. The van der Waals surface area contributed by atoms with Gasteiger partial charge in [-0.3, -0.25) is 4.98 Å². The van der Waals surface area contributed by atoms with Crippen molar-refractivity contribution in [1.82, 2.24) is 4.98 Å². The Morgan fingerprint density at radius 1 is 1.10 bits per heavy atom. The molecule has 21 heavy (non-hydrogen) atoms. The van der Waals surface area contributed by atoms with Crippen LogP contribution < -0.4 is 9.47 Å². The Bertz CT molecular complexity index is 614. The van der Waals surface area contributed by atoms with Crippen molar-refractivity contribution in [3.05, 3.63) is 51.8 Å². The van der Waals surface area contributed by atoms with Gasteiger partial charge in [0.25, 0.3) is 0 Å². The number of aliphatic hydroxyl groups excluding tert-OH is 1. The smallest absolute Gasteiger partial charge is 0.161 e. The van der Waals surface area contributed by atoms with Gasteiger partial charge < -0.3 is 14.6 Å². The minimum atomic E-state index is -0.368. The number of aromatic nitrogens is 1. The van der Waals surface area contributed by atoms with Gasteiger partial charge in [-0.25, -0.2) is 0 Å². The van der Waals surface area contributed by atoms with Gasteiger partial charge >= 0.3 is 0 Å². The summed E-state index contributed by atoms with van der Waals surface area (Å²) in [6.45, 7) is -0.140. The van der Waals surface area contributed by atoms with Crippen LogP contribution in [0.15, 0.2) is 30.6 Å². The van der Waals surface area contributed by atoms with E-state index in [0.29, 0.717) is 27.1 Å². The first-order valence-corrected chi connectivity index (χ1v) is 6.99. The van der Waals surface area contributed by atoms with E-state index in [0.717, 1.165) is 5.56 Å². The van der Waals surface area contributed by atoms with Crippen molar-refractivity contribution in [3.8, 4) is 11.5 Å². The lowest BCUT2D eigenvalue weighted by Crippen LogP contribution is -2.08. The molecular weight excluding hydrogens is 313 g/mol. The molecule has 1 heterocycles. The Hall–Kier alpha value is -1.49. The van der Waals surface area contributed by atoms with Crippen molar-refractivity contribution in [3.63, 3.8) is 0 Å². The number of methoxy groups -OCH3 is 2. The molecule has 112 valence electrons. The maximum absolute atomic E-state index is 9.76. The zero-order chi connectivity index (χ0) is 15.4. The molecule has 0 bridgehead atoms. The minimum Gasteiger partial charge on any atom is -0.493 e. The molecular formula is C15H15Cl2NO3. The number of rotatable bonds is 5. The van der Waals surface area contributed by atoms with Gasteiger partial charge in [-0.15, -0.1) is 0 Å². The molecule has 0 spiro atoms. The molecule has 0 saturated carbocycles. The fraction of sp³-hybridized carbons (Fsp3) is 0.267. The summed E-state index contributed by atoms with van der Waals surface area (Å²) in [5, 5.41) is 10.6. The third-order valence-electron chi connectivity index (χ3n) is 3.23.